The maximum Gasteiger partial charge on any atom is 0.0622 e. The van der Waals surface area contributed by atoms with Crippen LogP contribution in [-0.2, 0) is 0 Å². The van der Waals surface area contributed by atoms with Crippen LogP contribution in [-0.4, -0.2) is 10.7 Å². The summed E-state index contributed by atoms with van der Waals surface area (Å²) in [5, 5.41) is 10.3. The fourth-order valence-corrected chi connectivity index (χ4v) is 4.77. The van der Waals surface area contributed by atoms with Crippen molar-refractivity contribution in [2.45, 2.75) is 78.2 Å². The third-order valence-corrected chi connectivity index (χ3v) is 5.93. The van der Waals surface area contributed by atoms with E-state index in [1.54, 1.807) is 0 Å². The molecule has 0 spiro atoms. The zero-order valence-electron chi connectivity index (χ0n) is 12.1. The molecule has 1 heteroatoms. The van der Waals surface area contributed by atoms with Crippen LogP contribution in [0, 0.1) is 23.2 Å². The molecule has 0 radical (unpaired) electrons. The van der Waals surface area contributed by atoms with Crippen molar-refractivity contribution in [1.29, 1.82) is 0 Å². The van der Waals surface area contributed by atoms with Gasteiger partial charge in [0.15, 0.2) is 0 Å². The molecule has 5 atom stereocenters. The fraction of sp³-hybridized carbons (Fsp3) is 1.00. The molecule has 0 heterocycles. The Morgan fingerprint density at radius 3 is 2.53 bits per heavy atom. The van der Waals surface area contributed by atoms with Crippen molar-refractivity contribution in [2.75, 3.05) is 0 Å². The molecule has 0 aromatic rings. The fourth-order valence-electron chi connectivity index (χ4n) is 4.77. The van der Waals surface area contributed by atoms with E-state index in [-0.39, 0.29) is 5.60 Å². The van der Waals surface area contributed by atoms with Gasteiger partial charge in [-0.25, -0.2) is 0 Å². The van der Waals surface area contributed by atoms with E-state index < -0.39 is 0 Å². The molecule has 2 rings (SSSR count). The molecule has 1 nitrogen and oxygen atoms in total. The zero-order chi connectivity index (χ0) is 12.7. The van der Waals surface area contributed by atoms with Crippen molar-refractivity contribution in [1.82, 2.24) is 0 Å². The Hall–Kier alpha value is -0.0400. The van der Waals surface area contributed by atoms with Gasteiger partial charge in [-0.15, -0.1) is 0 Å². The van der Waals surface area contributed by atoms with Gasteiger partial charge in [-0.2, -0.15) is 0 Å². The van der Waals surface area contributed by atoms with E-state index in [9.17, 15) is 5.11 Å². The Bertz CT molecular complexity index is 271. The summed E-state index contributed by atoms with van der Waals surface area (Å²) < 4.78 is 0. The predicted octanol–water partition coefficient (Wildman–Crippen LogP) is 4.39. The highest BCUT2D eigenvalue weighted by molar-refractivity contribution is 5.01. The third kappa shape index (κ3) is 2.41. The largest absolute Gasteiger partial charge is 0.390 e. The molecule has 5 unspecified atom stereocenters. The molecule has 2 saturated carbocycles. The Labute approximate surface area is 107 Å². The van der Waals surface area contributed by atoms with Gasteiger partial charge in [0.05, 0.1) is 5.60 Å². The van der Waals surface area contributed by atoms with Gasteiger partial charge in [-0.3, -0.25) is 0 Å². The summed E-state index contributed by atoms with van der Waals surface area (Å²) in [4.78, 5) is 0. The molecule has 2 aliphatic rings. The first-order valence-corrected chi connectivity index (χ1v) is 7.61. The summed E-state index contributed by atoms with van der Waals surface area (Å²) in [5.74, 6) is 2.54. The molecule has 2 fully saturated rings. The smallest absolute Gasteiger partial charge is 0.0622 e. The predicted molar refractivity (Wildman–Crippen MR) is 72.9 cm³/mol. The van der Waals surface area contributed by atoms with E-state index in [1.807, 2.05) is 6.92 Å². The van der Waals surface area contributed by atoms with Gasteiger partial charge >= 0.3 is 0 Å². The lowest BCUT2D eigenvalue weighted by Crippen LogP contribution is -2.50. The van der Waals surface area contributed by atoms with E-state index in [4.69, 9.17) is 0 Å². The quantitative estimate of drug-likeness (QED) is 0.756. The normalized spacial score (nSPS) is 51.0. The molecule has 0 saturated heterocycles. The van der Waals surface area contributed by atoms with Crippen LogP contribution in [0.2, 0.25) is 0 Å². The lowest BCUT2D eigenvalue weighted by molar-refractivity contribution is -0.108. The lowest BCUT2D eigenvalue weighted by Gasteiger charge is -2.56. The molecule has 0 bridgehead atoms. The molecular formula is C16H30O. The number of hydrogen-bond acceptors (Lipinski definition) is 1. The summed E-state index contributed by atoms with van der Waals surface area (Å²) in [5.41, 5.74) is 0.122. The minimum absolute atomic E-state index is 0.387. The van der Waals surface area contributed by atoms with Crippen LogP contribution in [0.3, 0.4) is 0 Å². The Morgan fingerprint density at radius 1 is 1.18 bits per heavy atom. The molecule has 100 valence electrons. The summed E-state index contributed by atoms with van der Waals surface area (Å²) in [7, 11) is 0. The van der Waals surface area contributed by atoms with E-state index >= 15 is 0 Å². The van der Waals surface area contributed by atoms with Gasteiger partial charge in [0.25, 0.3) is 0 Å². The first-order chi connectivity index (χ1) is 7.89. The van der Waals surface area contributed by atoms with Crippen molar-refractivity contribution in [2.24, 2.45) is 23.2 Å². The summed E-state index contributed by atoms with van der Waals surface area (Å²) in [6.07, 6.45) is 8.70. The van der Waals surface area contributed by atoms with Crippen LogP contribution >= 0.6 is 0 Å². The highest BCUT2D eigenvalue weighted by atomic mass is 16.3. The van der Waals surface area contributed by atoms with E-state index in [0.717, 1.165) is 30.6 Å². The zero-order valence-corrected chi connectivity index (χ0v) is 12.1. The van der Waals surface area contributed by atoms with Gasteiger partial charge in [-0.1, -0.05) is 33.6 Å². The van der Waals surface area contributed by atoms with Crippen LogP contribution in [0.5, 0.6) is 0 Å². The van der Waals surface area contributed by atoms with Crippen LogP contribution in [0.4, 0.5) is 0 Å². The maximum atomic E-state index is 10.3. The van der Waals surface area contributed by atoms with Gasteiger partial charge in [0.1, 0.15) is 0 Å². The molecule has 17 heavy (non-hydrogen) atoms. The average Bonchev–Trinajstić information content (AvgIpc) is 2.25. The number of hydrogen-bond donors (Lipinski definition) is 1. The first-order valence-electron chi connectivity index (χ1n) is 7.61. The second-order valence-electron chi connectivity index (χ2n) is 7.35. The third-order valence-electron chi connectivity index (χ3n) is 5.93. The summed E-state index contributed by atoms with van der Waals surface area (Å²) >= 11 is 0. The highest BCUT2D eigenvalue weighted by Gasteiger charge is 2.51. The van der Waals surface area contributed by atoms with Crippen molar-refractivity contribution in [3.05, 3.63) is 0 Å². The monoisotopic (exact) mass is 238 g/mol. The Balaban J connectivity index is 2.18. The molecule has 0 amide bonds. The first kappa shape index (κ1) is 13.4. The SMILES string of the molecule is CCCC1C(C)CCC2CC(C)(O)CCC21C. The minimum Gasteiger partial charge on any atom is -0.390 e. The minimum atomic E-state index is -0.387. The molecule has 0 aliphatic heterocycles. The summed E-state index contributed by atoms with van der Waals surface area (Å²) in [6, 6.07) is 0. The van der Waals surface area contributed by atoms with Crippen molar-refractivity contribution in [3.63, 3.8) is 0 Å². The van der Waals surface area contributed by atoms with Crippen LogP contribution in [0.1, 0.15) is 72.6 Å². The van der Waals surface area contributed by atoms with Crippen molar-refractivity contribution in [3.8, 4) is 0 Å². The van der Waals surface area contributed by atoms with Crippen LogP contribution in [0.15, 0.2) is 0 Å². The maximum absolute atomic E-state index is 10.3. The Kier molecular flexibility index (Phi) is 3.60. The van der Waals surface area contributed by atoms with Crippen molar-refractivity contribution < 1.29 is 5.11 Å². The standard InChI is InChI=1S/C16H30O/c1-5-6-14-12(2)7-8-13-11-15(3,17)9-10-16(13,14)4/h12-14,17H,5-11H2,1-4H3. The lowest BCUT2D eigenvalue weighted by atomic mass is 9.50. The average molecular weight is 238 g/mol. The second-order valence-corrected chi connectivity index (χ2v) is 7.35. The Morgan fingerprint density at radius 2 is 1.88 bits per heavy atom. The second kappa shape index (κ2) is 4.57. The van der Waals surface area contributed by atoms with Gasteiger partial charge in [0.2, 0.25) is 0 Å². The number of rotatable bonds is 2. The van der Waals surface area contributed by atoms with E-state index in [0.29, 0.717) is 5.41 Å². The van der Waals surface area contributed by atoms with E-state index in [2.05, 4.69) is 20.8 Å². The number of fused-ring (bicyclic) bond motifs is 1. The number of aliphatic hydroxyl groups is 1. The highest BCUT2D eigenvalue weighted by Crippen LogP contribution is 2.58. The van der Waals surface area contributed by atoms with Gasteiger partial charge in [-0.05, 0) is 62.2 Å². The van der Waals surface area contributed by atoms with Crippen molar-refractivity contribution >= 4 is 0 Å². The van der Waals surface area contributed by atoms with Gasteiger partial charge < -0.3 is 5.11 Å². The van der Waals surface area contributed by atoms with Gasteiger partial charge in [0, 0.05) is 0 Å². The molecule has 0 aromatic heterocycles. The van der Waals surface area contributed by atoms with Crippen LogP contribution in [0.25, 0.3) is 0 Å². The summed E-state index contributed by atoms with van der Waals surface area (Å²) in [6.45, 7) is 9.33. The molecular weight excluding hydrogens is 208 g/mol. The van der Waals surface area contributed by atoms with E-state index in [1.165, 1.54) is 32.1 Å². The molecule has 1 N–H and O–H groups in total. The molecule has 2 aliphatic carbocycles. The topological polar surface area (TPSA) is 20.2 Å². The molecule has 0 aromatic carbocycles. The van der Waals surface area contributed by atoms with Crippen LogP contribution < -0.4 is 0 Å².